The number of carboxylic acid groups (broad SMARTS) is 1. The number of aromatic carboxylic acids is 1. The number of fused-ring (bicyclic) bond motifs is 2. The van der Waals surface area contributed by atoms with Crippen molar-refractivity contribution in [3.05, 3.63) is 35.4 Å². The van der Waals surface area contributed by atoms with Crippen LogP contribution >= 0.6 is 0 Å². The van der Waals surface area contributed by atoms with Gasteiger partial charge in [0.1, 0.15) is 0 Å². The lowest BCUT2D eigenvalue weighted by molar-refractivity contribution is -0.132. The molecule has 1 heterocycles. The van der Waals surface area contributed by atoms with Gasteiger partial charge in [0.25, 0.3) is 0 Å². The van der Waals surface area contributed by atoms with Crippen LogP contribution in [0.3, 0.4) is 0 Å². The lowest BCUT2D eigenvalue weighted by atomic mass is 10.1. The van der Waals surface area contributed by atoms with Crippen LogP contribution in [0.1, 0.15) is 35.2 Å². The van der Waals surface area contributed by atoms with Crippen LogP contribution in [0, 0.1) is 5.92 Å². The Hall–Kier alpha value is -1.84. The first kappa shape index (κ1) is 12.2. The average Bonchev–Trinajstić information content (AvgIpc) is 3.01. The highest BCUT2D eigenvalue weighted by molar-refractivity contribution is 5.87. The van der Waals surface area contributed by atoms with Crippen LogP contribution in [-0.4, -0.2) is 34.5 Å². The van der Waals surface area contributed by atoms with Crippen LogP contribution in [0.2, 0.25) is 0 Å². The Bertz CT molecular complexity index is 509. The first-order valence-corrected chi connectivity index (χ1v) is 6.75. The number of nitrogens with zero attached hydrogens (tertiary/aromatic N) is 1. The molecule has 0 radical (unpaired) electrons. The number of hydrogen-bond acceptors (Lipinski definition) is 2. The maximum atomic E-state index is 12.2. The lowest BCUT2D eigenvalue weighted by Gasteiger charge is -2.27. The molecule has 1 amide bonds. The average molecular weight is 259 g/mol. The molecule has 1 saturated carbocycles. The highest BCUT2D eigenvalue weighted by Crippen LogP contribution is 2.37. The minimum Gasteiger partial charge on any atom is -0.478 e. The van der Waals surface area contributed by atoms with E-state index < -0.39 is 5.97 Å². The molecule has 1 aliphatic heterocycles. The van der Waals surface area contributed by atoms with Crippen molar-refractivity contribution in [3.63, 3.8) is 0 Å². The van der Waals surface area contributed by atoms with Gasteiger partial charge in [-0.2, -0.15) is 0 Å². The molecule has 1 aromatic rings. The molecule has 2 unspecified atom stereocenters. The van der Waals surface area contributed by atoms with E-state index in [9.17, 15) is 9.59 Å². The van der Waals surface area contributed by atoms with Crippen molar-refractivity contribution in [3.8, 4) is 0 Å². The number of likely N-dealkylation sites (tertiary alicyclic amines) is 1. The Balaban J connectivity index is 1.64. The summed E-state index contributed by atoms with van der Waals surface area (Å²) in [5.41, 5.74) is 1.15. The normalized spacial score (nSPS) is 24.7. The SMILES string of the molecule is O=C(O)c1ccc(CC(=O)N2CC3CCC2C3)cc1. The molecule has 19 heavy (non-hydrogen) atoms. The summed E-state index contributed by atoms with van der Waals surface area (Å²) in [5.74, 6) is -0.0478. The van der Waals surface area contributed by atoms with E-state index in [1.54, 1.807) is 24.3 Å². The van der Waals surface area contributed by atoms with Crippen molar-refractivity contribution >= 4 is 11.9 Å². The summed E-state index contributed by atoms with van der Waals surface area (Å²) >= 11 is 0. The van der Waals surface area contributed by atoms with E-state index in [0.717, 1.165) is 18.5 Å². The number of rotatable bonds is 3. The van der Waals surface area contributed by atoms with Gasteiger partial charge in [-0.15, -0.1) is 0 Å². The molecule has 0 spiro atoms. The Kier molecular flexibility index (Phi) is 3.01. The second kappa shape index (κ2) is 4.68. The summed E-state index contributed by atoms with van der Waals surface area (Å²) in [6, 6.07) is 7.03. The van der Waals surface area contributed by atoms with E-state index in [-0.39, 0.29) is 11.5 Å². The molecule has 0 aromatic heterocycles. The monoisotopic (exact) mass is 259 g/mol. The van der Waals surface area contributed by atoms with Crippen LogP contribution in [0.15, 0.2) is 24.3 Å². The summed E-state index contributed by atoms with van der Waals surface area (Å²) < 4.78 is 0. The highest BCUT2D eigenvalue weighted by Gasteiger charge is 2.39. The molecule has 2 atom stereocenters. The third-order valence-corrected chi connectivity index (χ3v) is 4.29. The minimum absolute atomic E-state index is 0.176. The molecular formula is C15H17NO3. The first-order valence-electron chi connectivity index (χ1n) is 6.75. The standard InChI is InChI=1S/C15H17NO3/c17-14(16-9-11-3-6-13(16)7-11)8-10-1-4-12(5-2-10)15(18)19/h1-2,4-5,11,13H,3,6-9H2,(H,18,19). The van der Waals surface area contributed by atoms with Gasteiger partial charge in [0, 0.05) is 12.6 Å². The molecule has 4 heteroatoms. The molecule has 100 valence electrons. The summed E-state index contributed by atoms with van der Waals surface area (Å²) in [4.78, 5) is 25.0. The zero-order chi connectivity index (χ0) is 13.4. The second-order valence-electron chi connectivity index (χ2n) is 5.56. The van der Waals surface area contributed by atoms with E-state index >= 15 is 0 Å². The van der Waals surface area contributed by atoms with Gasteiger partial charge >= 0.3 is 5.97 Å². The number of piperidine rings is 1. The fourth-order valence-corrected chi connectivity index (χ4v) is 3.27. The third kappa shape index (κ3) is 2.35. The molecule has 1 N–H and O–H groups in total. The van der Waals surface area contributed by atoms with Crippen molar-refractivity contribution < 1.29 is 14.7 Å². The van der Waals surface area contributed by atoms with Crippen LogP contribution in [0.5, 0.6) is 0 Å². The molecule has 3 rings (SSSR count). The topological polar surface area (TPSA) is 57.6 Å². The van der Waals surface area contributed by atoms with Gasteiger partial charge in [-0.1, -0.05) is 12.1 Å². The maximum Gasteiger partial charge on any atom is 0.335 e. The predicted octanol–water partition coefficient (Wildman–Crippen LogP) is 1.94. The summed E-state index contributed by atoms with van der Waals surface area (Å²) in [6.07, 6.45) is 3.96. The quantitative estimate of drug-likeness (QED) is 0.902. The van der Waals surface area contributed by atoms with E-state index in [0.29, 0.717) is 18.4 Å². The summed E-state index contributed by atoms with van der Waals surface area (Å²) in [6.45, 7) is 0.913. The van der Waals surface area contributed by atoms with Gasteiger partial charge in [0.05, 0.1) is 12.0 Å². The number of carbonyl (C=O) groups excluding carboxylic acids is 1. The Labute approximate surface area is 112 Å². The maximum absolute atomic E-state index is 12.2. The van der Waals surface area contributed by atoms with Gasteiger partial charge in [0.15, 0.2) is 0 Å². The first-order chi connectivity index (χ1) is 9.13. The van der Waals surface area contributed by atoms with Gasteiger partial charge in [-0.25, -0.2) is 4.79 Å². The lowest BCUT2D eigenvalue weighted by Crippen LogP contribution is -2.38. The van der Waals surface area contributed by atoms with E-state index in [4.69, 9.17) is 5.11 Å². The van der Waals surface area contributed by atoms with Crippen LogP contribution in [0.4, 0.5) is 0 Å². The number of carboxylic acids is 1. The van der Waals surface area contributed by atoms with Crippen molar-refractivity contribution in [2.75, 3.05) is 6.54 Å². The number of benzene rings is 1. The zero-order valence-electron chi connectivity index (χ0n) is 10.7. The minimum atomic E-state index is -0.935. The molecule has 1 saturated heterocycles. The van der Waals surface area contributed by atoms with E-state index in [1.165, 1.54) is 12.8 Å². The number of carbonyl (C=O) groups is 2. The van der Waals surface area contributed by atoms with Gasteiger partial charge < -0.3 is 10.0 Å². The van der Waals surface area contributed by atoms with Crippen molar-refractivity contribution in [1.29, 1.82) is 0 Å². The Morgan fingerprint density at radius 3 is 2.47 bits per heavy atom. The largest absolute Gasteiger partial charge is 0.478 e. The molecule has 2 fully saturated rings. The molecule has 2 aliphatic rings. The van der Waals surface area contributed by atoms with Crippen LogP contribution in [0.25, 0.3) is 0 Å². The number of amides is 1. The van der Waals surface area contributed by atoms with E-state index in [1.807, 2.05) is 4.90 Å². The van der Waals surface area contributed by atoms with Gasteiger partial charge in [0.2, 0.25) is 5.91 Å². The molecular weight excluding hydrogens is 242 g/mol. The molecule has 1 aromatic carbocycles. The molecule has 2 bridgehead atoms. The predicted molar refractivity (Wildman–Crippen MR) is 69.9 cm³/mol. The zero-order valence-corrected chi connectivity index (χ0v) is 10.7. The molecule has 1 aliphatic carbocycles. The Morgan fingerprint density at radius 2 is 1.95 bits per heavy atom. The summed E-state index contributed by atoms with van der Waals surface area (Å²) in [7, 11) is 0. The van der Waals surface area contributed by atoms with Crippen molar-refractivity contribution in [1.82, 2.24) is 4.90 Å². The smallest absolute Gasteiger partial charge is 0.335 e. The molecule has 4 nitrogen and oxygen atoms in total. The fraction of sp³-hybridized carbons (Fsp3) is 0.467. The van der Waals surface area contributed by atoms with Crippen molar-refractivity contribution in [2.45, 2.75) is 31.7 Å². The van der Waals surface area contributed by atoms with Crippen LogP contribution < -0.4 is 0 Å². The van der Waals surface area contributed by atoms with E-state index in [2.05, 4.69) is 0 Å². The second-order valence-corrected chi connectivity index (χ2v) is 5.56. The van der Waals surface area contributed by atoms with Gasteiger partial charge in [-0.05, 0) is 42.9 Å². The van der Waals surface area contributed by atoms with Crippen LogP contribution in [-0.2, 0) is 11.2 Å². The Morgan fingerprint density at radius 1 is 1.21 bits per heavy atom. The summed E-state index contributed by atoms with van der Waals surface area (Å²) in [5, 5.41) is 8.83. The fourth-order valence-electron chi connectivity index (χ4n) is 3.27. The third-order valence-electron chi connectivity index (χ3n) is 4.29. The number of hydrogen-bond donors (Lipinski definition) is 1. The van der Waals surface area contributed by atoms with Gasteiger partial charge in [-0.3, -0.25) is 4.79 Å². The highest BCUT2D eigenvalue weighted by atomic mass is 16.4. The van der Waals surface area contributed by atoms with Crippen molar-refractivity contribution in [2.24, 2.45) is 5.92 Å².